The van der Waals surface area contributed by atoms with Crippen LogP contribution in [0.15, 0.2) is 73.1 Å². The molecule has 0 saturated heterocycles. The molecule has 2 N–H and O–H groups in total. The van der Waals surface area contributed by atoms with Gasteiger partial charge in [-0.1, -0.05) is 59.0 Å². The largest absolute Gasteiger partial charge is 0.505 e. The molecular formula is C44H44N6O2. The molecule has 8 aliphatic rings. The molecule has 0 unspecified atom stereocenters. The fourth-order valence-corrected chi connectivity index (χ4v) is 13.6. The van der Waals surface area contributed by atoms with Gasteiger partial charge >= 0.3 is 0 Å². The van der Waals surface area contributed by atoms with E-state index < -0.39 is 0 Å². The predicted molar refractivity (Wildman–Crippen MR) is 200 cm³/mol. The van der Waals surface area contributed by atoms with Gasteiger partial charge in [0, 0.05) is 22.0 Å². The van der Waals surface area contributed by atoms with Crippen LogP contribution in [0.3, 0.4) is 0 Å². The van der Waals surface area contributed by atoms with Gasteiger partial charge < -0.3 is 10.2 Å². The van der Waals surface area contributed by atoms with E-state index in [0.717, 1.165) is 68.4 Å². The molecule has 0 aliphatic heterocycles. The van der Waals surface area contributed by atoms with E-state index in [0.29, 0.717) is 22.5 Å². The number of aromatic nitrogens is 6. The van der Waals surface area contributed by atoms with Gasteiger partial charge in [-0.15, -0.1) is 10.2 Å². The van der Waals surface area contributed by atoms with E-state index in [2.05, 4.69) is 24.5 Å². The molecule has 0 atom stereocenters. The Morgan fingerprint density at radius 1 is 0.500 bits per heavy atom. The first-order chi connectivity index (χ1) is 25.4. The lowest BCUT2D eigenvalue weighted by molar-refractivity contribution is -0.00736. The molecule has 2 heterocycles. The van der Waals surface area contributed by atoms with E-state index in [9.17, 15) is 10.2 Å². The van der Waals surface area contributed by atoms with Crippen LogP contribution in [0.2, 0.25) is 0 Å². The van der Waals surface area contributed by atoms with Crippen LogP contribution in [0, 0.1) is 35.5 Å². The molecule has 8 saturated carbocycles. The van der Waals surface area contributed by atoms with Crippen LogP contribution in [0.5, 0.6) is 11.5 Å². The fourth-order valence-electron chi connectivity index (χ4n) is 13.6. The molecular weight excluding hydrogens is 645 g/mol. The summed E-state index contributed by atoms with van der Waals surface area (Å²) in [5.41, 5.74) is 4.62. The molecule has 4 aromatic carbocycles. The molecule has 6 aromatic rings. The lowest BCUT2D eigenvalue weighted by atomic mass is 9.49. The minimum Gasteiger partial charge on any atom is -0.505 e. The maximum atomic E-state index is 12.4. The van der Waals surface area contributed by atoms with Gasteiger partial charge in [0.1, 0.15) is 22.9 Å². The summed E-state index contributed by atoms with van der Waals surface area (Å²) >= 11 is 0. The van der Waals surface area contributed by atoms with Gasteiger partial charge in [0.15, 0.2) is 0 Å². The normalized spacial score (nSPS) is 32.8. The number of fused-ring (bicyclic) bond motifs is 2. The molecule has 262 valence electrons. The molecule has 8 aliphatic carbocycles. The van der Waals surface area contributed by atoms with Crippen LogP contribution in [-0.4, -0.2) is 40.2 Å². The summed E-state index contributed by atoms with van der Waals surface area (Å²) in [5, 5.41) is 47.6. The van der Waals surface area contributed by atoms with Crippen LogP contribution in [0.1, 0.15) is 88.4 Å². The number of hydrogen-bond donors (Lipinski definition) is 2. The van der Waals surface area contributed by atoms with Gasteiger partial charge in [-0.25, -0.2) is 9.36 Å². The van der Waals surface area contributed by atoms with Crippen LogP contribution >= 0.6 is 0 Å². The van der Waals surface area contributed by atoms with Crippen molar-refractivity contribution in [3.8, 4) is 34.0 Å². The quantitative estimate of drug-likeness (QED) is 0.187. The van der Waals surface area contributed by atoms with Crippen molar-refractivity contribution >= 4 is 21.5 Å². The van der Waals surface area contributed by atoms with Gasteiger partial charge in [-0.3, -0.25) is 0 Å². The lowest BCUT2D eigenvalue weighted by Crippen LogP contribution is -2.48. The third kappa shape index (κ3) is 4.21. The van der Waals surface area contributed by atoms with E-state index in [1.807, 2.05) is 48.5 Å². The third-order valence-electron chi connectivity index (χ3n) is 14.9. The first-order valence-corrected chi connectivity index (χ1v) is 19.8. The van der Waals surface area contributed by atoms with E-state index >= 15 is 0 Å². The molecule has 8 heteroatoms. The molecule has 8 bridgehead atoms. The number of rotatable bonds is 5. The summed E-state index contributed by atoms with van der Waals surface area (Å²) in [7, 11) is 0. The highest BCUT2D eigenvalue weighted by Crippen LogP contribution is 2.62. The number of aromatic hydroxyl groups is 2. The Balaban J connectivity index is 1.01. The zero-order valence-corrected chi connectivity index (χ0v) is 29.5. The Hall–Kier alpha value is -4.72. The number of phenolic OH excluding ortho intramolecular Hbond substituents is 2. The number of phenols is 2. The van der Waals surface area contributed by atoms with Gasteiger partial charge in [-0.05, 0) is 146 Å². The SMILES string of the molecule is Oc1c(-n2cc(C34CC5CC(CC(C5)C3)C4)nn2)cc2ccccc2c1-c1c(O)c(-n2cc(C34CC5CC(CC(C5)C3)C4)nn2)cc2ccccc12. The van der Waals surface area contributed by atoms with Crippen molar-refractivity contribution in [1.29, 1.82) is 0 Å². The molecule has 8 nitrogen and oxygen atoms in total. The third-order valence-corrected chi connectivity index (χ3v) is 14.9. The van der Waals surface area contributed by atoms with E-state index in [1.165, 1.54) is 77.0 Å². The van der Waals surface area contributed by atoms with Crippen molar-refractivity contribution in [2.24, 2.45) is 35.5 Å². The molecule has 0 amide bonds. The average molecular weight is 689 g/mol. The molecule has 52 heavy (non-hydrogen) atoms. The smallest absolute Gasteiger partial charge is 0.149 e. The fraction of sp³-hybridized carbons (Fsp3) is 0.455. The zero-order chi connectivity index (χ0) is 34.3. The molecule has 8 fully saturated rings. The highest BCUT2D eigenvalue weighted by atomic mass is 16.3. The topological polar surface area (TPSA) is 102 Å². The number of benzene rings is 4. The maximum Gasteiger partial charge on any atom is 0.149 e. The van der Waals surface area contributed by atoms with Crippen LogP contribution in [0.25, 0.3) is 44.0 Å². The predicted octanol–water partition coefficient (Wildman–Crippen LogP) is 9.17. The Morgan fingerprint density at radius 2 is 0.846 bits per heavy atom. The van der Waals surface area contributed by atoms with Gasteiger partial charge in [0.2, 0.25) is 0 Å². The second-order valence-electron chi connectivity index (χ2n) is 18.2. The van der Waals surface area contributed by atoms with Crippen molar-refractivity contribution < 1.29 is 10.2 Å². The molecule has 2 aromatic heterocycles. The summed E-state index contributed by atoms with van der Waals surface area (Å²) in [6.45, 7) is 0. The first-order valence-electron chi connectivity index (χ1n) is 19.8. The minimum absolute atomic E-state index is 0.0751. The molecule has 14 rings (SSSR count). The highest BCUT2D eigenvalue weighted by molar-refractivity contribution is 6.12. The Bertz CT molecular complexity index is 2200. The molecule has 0 radical (unpaired) electrons. The highest BCUT2D eigenvalue weighted by Gasteiger charge is 2.54. The zero-order valence-electron chi connectivity index (χ0n) is 29.5. The van der Waals surface area contributed by atoms with E-state index in [4.69, 9.17) is 20.6 Å². The van der Waals surface area contributed by atoms with Gasteiger partial charge in [0.05, 0.1) is 23.8 Å². The Morgan fingerprint density at radius 3 is 1.21 bits per heavy atom. The standard InChI is InChI=1S/C44H44N6O2/c51-41-35(49-23-37(45-47-49)43-17-25-9-26(18-43)11-27(10-25)19-43)15-31-5-1-3-7-33(31)39(41)40-34-8-4-2-6-32(34)16-36(42(40)52)50-24-38(46-48-50)44-20-28-12-29(21-44)14-30(13-28)22-44/h1-8,15-16,23-30,51-52H,9-14,17-22H2. The first kappa shape index (κ1) is 29.8. The summed E-state index contributed by atoms with van der Waals surface area (Å²) in [6.07, 6.45) is 19.6. The summed E-state index contributed by atoms with van der Waals surface area (Å²) < 4.78 is 3.55. The number of hydrogen-bond acceptors (Lipinski definition) is 6. The monoisotopic (exact) mass is 688 g/mol. The van der Waals surface area contributed by atoms with Crippen molar-refractivity contribution in [2.45, 2.75) is 87.9 Å². The average Bonchev–Trinajstić information content (AvgIpc) is 3.83. The van der Waals surface area contributed by atoms with Crippen LogP contribution in [0.4, 0.5) is 0 Å². The molecule has 0 spiro atoms. The second kappa shape index (κ2) is 10.5. The van der Waals surface area contributed by atoms with Crippen molar-refractivity contribution in [3.05, 3.63) is 84.4 Å². The van der Waals surface area contributed by atoms with Crippen molar-refractivity contribution in [3.63, 3.8) is 0 Å². The van der Waals surface area contributed by atoms with Gasteiger partial charge in [0.25, 0.3) is 0 Å². The Labute approximate surface area is 302 Å². The van der Waals surface area contributed by atoms with Crippen LogP contribution in [-0.2, 0) is 10.8 Å². The maximum absolute atomic E-state index is 12.4. The van der Waals surface area contributed by atoms with Crippen molar-refractivity contribution in [1.82, 2.24) is 30.0 Å². The van der Waals surface area contributed by atoms with E-state index in [1.54, 1.807) is 9.36 Å². The van der Waals surface area contributed by atoms with Crippen molar-refractivity contribution in [2.75, 3.05) is 0 Å². The summed E-state index contributed by atoms with van der Waals surface area (Å²) in [4.78, 5) is 0. The minimum atomic E-state index is 0.0751. The van der Waals surface area contributed by atoms with E-state index in [-0.39, 0.29) is 22.3 Å². The lowest BCUT2D eigenvalue weighted by Gasteiger charge is -2.56. The second-order valence-corrected chi connectivity index (χ2v) is 18.2. The summed E-state index contributed by atoms with van der Waals surface area (Å²) in [6, 6.07) is 20.2. The summed E-state index contributed by atoms with van der Waals surface area (Å²) in [5.74, 6) is 4.95. The Kier molecular flexibility index (Phi) is 5.99. The van der Waals surface area contributed by atoms with Crippen LogP contribution < -0.4 is 0 Å². The van der Waals surface area contributed by atoms with Gasteiger partial charge in [-0.2, -0.15) is 0 Å². The number of nitrogens with zero attached hydrogens (tertiary/aromatic N) is 6.